The lowest BCUT2D eigenvalue weighted by Gasteiger charge is -2.07. The first-order valence-corrected chi connectivity index (χ1v) is 6.22. The average Bonchev–Trinajstić information content (AvgIpc) is 2.46. The maximum atomic E-state index is 11.2. The quantitative estimate of drug-likeness (QED) is 0.847. The molecule has 0 radical (unpaired) electrons. The molecule has 0 atom stereocenters. The van der Waals surface area contributed by atoms with Crippen molar-refractivity contribution >= 4 is 11.6 Å². The molecule has 0 heterocycles. The highest BCUT2D eigenvalue weighted by Gasteiger charge is 2.04. The van der Waals surface area contributed by atoms with Crippen LogP contribution in [0.2, 0.25) is 0 Å². The number of benzene rings is 2. The van der Waals surface area contributed by atoms with Crippen LogP contribution in [0.15, 0.2) is 48.5 Å². The van der Waals surface area contributed by atoms with Crippen molar-refractivity contribution in [2.24, 2.45) is 0 Å². The summed E-state index contributed by atoms with van der Waals surface area (Å²) in [5, 5.41) is 2.76. The normalized spacial score (nSPS) is 9.30. The van der Waals surface area contributed by atoms with Gasteiger partial charge in [-0.2, -0.15) is 0 Å². The first-order valence-electron chi connectivity index (χ1n) is 6.22. The number of methoxy groups -OCH3 is 1. The number of carbonyl (C=O) groups is 1. The first kappa shape index (κ1) is 13.7. The van der Waals surface area contributed by atoms with Crippen LogP contribution in [0.1, 0.15) is 18.1 Å². The van der Waals surface area contributed by atoms with E-state index in [1.54, 1.807) is 13.2 Å². The summed E-state index contributed by atoms with van der Waals surface area (Å²) in [6, 6.07) is 15.1. The Hall–Kier alpha value is -2.73. The van der Waals surface area contributed by atoms with E-state index < -0.39 is 0 Å². The second-order valence-corrected chi connectivity index (χ2v) is 4.21. The van der Waals surface area contributed by atoms with Gasteiger partial charge in [0, 0.05) is 24.1 Å². The van der Waals surface area contributed by atoms with Gasteiger partial charge >= 0.3 is 0 Å². The maximum absolute atomic E-state index is 11.2. The molecule has 0 bridgehead atoms. The molecule has 0 saturated heterocycles. The Morgan fingerprint density at radius 2 is 1.85 bits per heavy atom. The van der Waals surface area contributed by atoms with Crippen molar-refractivity contribution < 1.29 is 9.53 Å². The number of anilines is 1. The van der Waals surface area contributed by atoms with Gasteiger partial charge in [0.15, 0.2) is 0 Å². The number of ether oxygens (including phenoxy) is 1. The zero-order valence-corrected chi connectivity index (χ0v) is 11.4. The van der Waals surface area contributed by atoms with Crippen LogP contribution >= 0.6 is 0 Å². The number of nitrogens with one attached hydrogen (secondary N) is 1. The third-order valence-corrected chi connectivity index (χ3v) is 2.65. The lowest BCUT2D eigenvalue weighted by atomic mass is 10.1. The largest absolute Gasteiger partial charge is 0.497 e. The van der Waals surface area contributed by atoms with Crippen LogP contribution in [0.5, 0.6) is 5.75 Å². The zero-order chi connectivity index (χ0) is 14.4. The first-order chi connectivity index (χ1) is 9.69. The van der Waals surface area contributed by atoms with Crippen molar-refractivity contribution in [1.82, 2.24) is 0 Å². The van der Waals surface area contributed by atoms with Crippen LogP contribution in [0.4, 0.5) is 5.69 Å². The summed E-state index contributed by atoms with van der Waals surface area (Å²) in [5.74, 6) is 6.68. The van der Waals surface area contributed by atoms with Crippen molar-refractivity contribution in [3.8, 4) is 17.6 Å². The van der Waals surface area contributed by atoms with E-state index in [0.717, 1.165) is 11.1 Å². The average molecular weight is 265 g/mol. The highest BCUT2D eigenvalue weighted by atomic mass is 16.5. The lowest BCUT2D eigenvalue weighted by Crippen LogP contribution is -2.07. The smallest absolute Gasteiger partial charge is 0.221 e. The van der Waals surface area contributed by atoms with Crippen LogP contribution in [-0.2, 0) is 4.79 Å². The van der Waals surface area contributed by atoms with E-state index in [1.165, 1.54) is 6.92 Å². The molecule has 0 saturated carbocycles. The molecule has 1 N–H and O–H groups in total. The van der Waals surface area contributed by atoms with Crippen LogP contribution in [0.25, 0.3) is 0 Å². The van der Waals surface area contributed by atoms with Gasteiger partial charge in [-0.05, 0) is 24.3 Å². The van der Waals surface area contributed by atoms with Crippen LogP contribution in [0.3, 0.4) is 0 Å². The van der Waals surface area contributed by atoms with Gasteiger partial charge in [-0.3, -0.25) is 4.79 Å². The Morgan fingerprint density at radius 3 is 2.50 bits per heavy atom. The molecule has 100 valence electrons. The maximum Gasteiger partial charge on any atom is 0.221 e. The van der Waals surface area contributed by atoms with Gasteiger partial charge in [0.05, 0.1) is 12.8 Å². The molecule has 0 unspecified atom stereocenters. The van der Waals surface area contributed by atoms with Crippen molar-refractivity contribution in [2.45, 2.75) is 6.92 Å². The Morgan fingerprint density at radius 1 is 1.10 bits per heavy atom. The summed E-state index contributed by atoms with van der Waals surface area (Å²) < 4.78 is 5.15. The molecule has 20 heavy (non-hydrogen) atoms. The van der Waals surface area contributed by atoms with Gasteiger partial charge in [0.2, 0.25) is 5.91 Å². The van der Waals surface area contributed by atoms with Crippen LogP contribution in [-0.4, -0.2) is 13.0 Å². The number of rotatable bonds is 2. The van der Waals surface area contributed by atoms with E-state index in [0.29, 0.717) is 11.4 Å². The van der Waals surface area contributed by atoms with Crippen molar-refractivity contribution in [2.75, 3.05) is 12.4 Å². The number of amides is 1. The van der Waals surface area contributed by atoms with Gasteiger partial charge in [0.1, 0.15) is 5.75 Å². The zero-order valence-electron chi connectivity index (χ0n) is 11.4. The van der Waals surface area contributed by atoms with Gasteiger partial charge in [-0.15, -0.1) is 0 Å². The fourth-order valence-corrected chi connectivity index (χ4v) is 1.71. The minimum atomic E-state index is -0.138. The summed E-state index contributed by atoms with van der Waals surface area (Å²) in [5.41, 5.74) is 2.34. The van der Waals surface area contributed by atoms with Gasteiger partial charge in [0.25, 0.3) is 0 Å². The minimum Gasteiger partial charge on any atom is -0.497 e. The number of carbonyl (C=O) groups excluding carboxylic acids is 1. The molecule has 2 rings (SSSR count). The highest BCUT2D eigenvalue weighted by molar-refractivity contribution is 5.90. The second-order valence-electron chi connectivity index (χ2n) is 4.21. The minimum absolute atomic E-state index is 0.138. The molecule has 0 aromatic heterocycles. The Bertz CT molecular complexity index is 666. The molecule has 0 aliphatic rings. The molecule has 0 aliphatic heterocycles. The number of hydrogen-bond donors (Lipinski definition) is 1. The standard InChI is InChI=1S/C17H15NO2/c1-13(19)18-17-12-16(20-2)11-10-15(17)9-8-14-6-4-3-5-7-14/h3-7,10-12H,1-2H3,(H,18,19). The molecular weight excluding hydrogens is 250 g/mol. The Labute approximate surface area is 118 Å². The van der Waals surface area contributed by atoms with E-state index in [9.17, 15) is 4.79 Å². The summed E-state index contributed by atoms with van der Waals surface area (Å²) in [6.07, 6.45) is 0. The summed E-state index contributed by atoms with van der Waals surface area (Å²) in [6.45, 7) is 1.47. The predicted molar refractivity (Wildman–Crippen MR) is 79.7 cm³/mol. The van der Waals surface area contributed by atoms with E-state index >= 15 is 0 Å². The SMILES string of the molecule is COc1ccc(C#Cc2ccccc2)c(NC(C)=O)c1. The molecule has 0 aliphatic carbocycles. The third kappa shape index (κ3) is 3.63. The van der Waals surface area contributed by atoms with Crippen LogP contribution < -0.4 is 10.1 Å². The summed E-state index contributed by atoms with van der Waals surface area (Å²) >= 11 is 0. The summed E-state index contributed by atoms with van der Waals surface area (Å²) in [7, 11) is 1.59. The van der Waals surface area contributed by atoms with E-state index in [4.69, 9.17) is 4.74 Å². The Kier molecular flexibility index (Phi) is 4.41. The van der Waals surface area contributed by atoms with Gasteiger partial charge in [-0.1, -0.05) is 30.0 Å². The fourth-order valence-electron chi connectivity index (χ4n) is 1.71. The van der Waals surface area contributed by atoms with Crippen molar-refractivity contribution in [1.29, 1.82) is 0 Å². The molecule has 0 spiro atoms. The molecule has 2 aromatic carbocycles. The molecule has 0 fully saturated rings. The lowest BCUT2D eigenvalue weighted by molar-refractivity contribution is -0.114. The molecule has 2 aromatic rings. The predicted octanol–water partition coefficient (Wildman–Crippen LogP) is 3.05. The van der Waals surface area contributed by atoms with Gasteiger partial charge < -0.3 is 10.1 Å². The van der Waals surface area contributed by atoms with E-state index in [2.05, 4.69) is 17.2 Å². The van der Waals surface area contributed by atoms with E-state index in [-0.39, 0.29) is 5.91 Å². The molecule has 3 heteroatoms. The van der Waals surface area contributed by atoms with Crippen molar-refractivity contribution in [3.63, 3.8) is 0 Å². The highest BCUT2D eigenvalue weighted by Crippen LogP contribution is 2.22. The molecular formula is C17H15NO2. The van der Waals surface area contributed by atoms with Crippen molar-refractivity contribution in [3.05, 3.63) is 59.7 Å². The number of hydrogen-bond acceptors (Lipinski definition) is 2. The third-order valence-electron chi connectivity index (χ3n) is 2.65. The topological polar surface area (TPSA) is 38.3 Å². The Balaban J connectivity index is 2.36. The van der Waals surface area contributed by atoms with Gasteiger partial charge in [-0.25, -0.2) is 0 Å². The molecule has 1 amide bonds. The monoisotopic (exact) mass is 265 g/mol. The van der Waals surface area contributed by atoms with Crippen LogP contribution in [0, 0.1) is 11.8 Å². The fraction of sp³-hybridized carbons (Fsp3) is 0.118. The second kappa shape index (κ2) is 6.44. The van der Waals surface area contributed by atoms with E-state index in [1.807, 2.05) is 42.5 Å². The molecule has 3 nitrogen and oxygen atoms in total. The summed E-state index contributed by atoms with van der Waals surface area (Å²) in [4.78, 5) is 11.2.